The fourth-order valence-electron chi connectivity index (χ4n) is 3.00. The lowest BCUT2D eigenvalue weighted by Crippen LogP contribution is -2.53. The molecular weight excluding hydrogens is 264 g/mol. The number of hydrogen-bond donors (Lipinski definition) is 2. The molecule has 5 heteroatoms. The van der Waals surface area contributed by atoms with Crippen molar-refractivity contribution >= 4 is 11.6 Å². The molecule has 0 radical (unpaired) electrons. The molecule has 0 unspecified atom stereocenters. The molecule has 2 fully saturated rings. The van der Waals surface area contributed by atoms with Crippen molar-refractivity contribution in [3.05, 3.63) is 29.8 Å². The molecular formula is C16H24N4O. The number of benzene rings is 1. The average molecular weight is 288 g/mol. The van der Waals surface area contributed by atoms with E-state index in [9.17, 15) is 4.79 Å². The Kier molecular flexibility index (Phi) is 4.41. The highest BCUT2D eigenvalue weighted by Gasteiger charge is 2.23. The minimum absolute atomic E-state index is 0.0273. The van der Waals surface area contributed by atoms with Crippen molar-refractivity contribution in [3.8, 4) is 0 Å². The zero-order chi connectivity index (χ0) is 14.7. The first-order chi connectivity index (χ1) is 10.3. The highest BCUT2D eigenvalue weighted by atomic mass is 16.1. The zero-order valence-electron chi connectivity index (χ0n) is 12.6. The lowest BCUT2D eigenvalue weighted by Gasteiger charge is -2.39. The Labute approximate surface area is 126 Å². The summed E-state index contributed by atoms with van der Waals surface area (Å²) >= 11 is 0. The third-order valence-corrected chi connectivity index (χ3v) is 4.48. The monoisotopic (exact) mass is 288 g/mol. The molecule has 1 amide bonds. The Morgan fingerprint density at radius 2 is 1.86 bits per heavy atom. The normalized spacial score (nSPS) is 20.1. The van der Waals surface area contributed by atoms with Crippen molar-refractivity contribution in [3.63, 3.8) is 0 Å². The number of carbonyl (C=O) groups excluding carboxylic acids is 1. The fourth-order valence-corrected chi connectivity index (χ4v) is 3.00. The molecule has 0 bridgehead atoms. The number of piperazine rings is 1. The van der Waals surface area contributed by atoms with E-state index in [1.807, 2.05) is 12.1 Å². The summed E-state index contributed by atoms with van der Waals surface area (Å²) in [7, 11) is 1.66. The Morgan fingerprint density at radius 3 is 2.38 bits per heavy atom. The molecule has 2 saturated heterocycles. The molecule has 0 atom stereocenters. The van der Waals surface area contributed by atoms with Gasteiger partial charge in [0.25, 0.3) is 5.91 Å². The van der Waals surface area contributed by atoms with Crippen molar-refractivity contribution in [2.45, 2.75) is 0 Å². The van der Waals surface area contributed by atoms with E-state index in [0.29, 0.717) is 0 Å². The molecule has 0 saturated carbocycles. The standard InChI is InChI=1S/C16H24N4O/c1-17-16(21)14-2-4-15(5-3-14)20-8-6-19(7-9-20)12-13-10-18-11-13/h2-5,13,18H,6-12H2,1H3,(H,17,21). The molecule has 3 rings (SSSR count). The second kappa shape index (κ2) is 6.45. The van der Waals surface area contributed by atoms with Crippen LogP contribution >= 0.6 is 0 Å². The molecule has 1 aromatic carbocycles. The number of anilines is 1. The van der Waals surface area contributed by atoms with Crippen LogP contribution in [0.25, 0.3) is 0 Å². The average Bonchev–Trinajstić information content (AvgIpc) is 2.51. The Bertz CT molecular complexity index is 476. The van der Waals surface area contributed by atoms with Crippen molar-refractivity contribution in [2.24, 2.45) is 5.92 Å². The van der Waals surface area contributed by atoms with Gasteiger partial charge in [-0.05, 0) is 30.2 Å². The van der Waals surface area contributed by atoms with E-state index in [4.69, 9.17) is 0 Å². The SMILES string of the molecule is CNC(=O)c1ccc(N2CCN(CC3CNC3)CC2)cc1. The molecule has 114 valence electrons. The fraction of sp³-hybridized carbons (Fsp3) is 0.562. The maximum absolute atomic E-state index is 11.5. The molecule has 0 aliphatic carbocycles. The van der Waals surface area contributed by atoms with Gasteiger partial charge in [-0.15, -0.1) is 0 Å². The molecule has 2 aliphatic rings. The molecule has 21 heavy (non-hydrogen) atoms. The van der Waals surface area contributed by atoms with Gasteiger partial charge in [-0.25, -0.2) is 0 Å². The Balaban J connectivity index is 1.52. The largest absolute Gasteiger partial charge is 0.369 e. The summed E-state index contributed by atoms with van der Waals surface area (Å²) in [5.74, 6) is 0.823. The van der Waals surface area contributed by atoms with Gasteiger partial charge in [0.05, 0.1) is 0 Å². The van der Waals surface area contributed by atoms with Crippen LogP contribution in [0, 0.1) is 5.92 Å². The van der Waals surface area contributed by atoms with Crippen LogP contribution in [0.15, 0.2) is 24.3 Å². The van der Waals surface area contributed by atoms with Crippen LogP contribution in [-0.4, -0.2) is 63.7 Å². The van der Waals surface area contributed by atoms with E-state index >= 15 is 0 Å². The van der Waals surface area contributed by atoms with Gasteiger partial charge in [-0.3, -0.25) is 9.69 Å². The second-order valence-corrected chi connectivity index (χ2v) is 5.94. The van der Waals surface area contributed by atoms with E-state index in [0.717, 1.165) is 37.7 Å². The Morgan fingerprint density at radius 1 is 1.19 bits per heavy atom. The number of nitrogens with one attached hydrogen (secondary N) is 2. The van der Waals surface area contributed by atoms with Gasteiger partial charge in [0.15, 0.2) is 0 Å². The van der Waals surface area contributed by atoms with Gasteiger partial charge in [0.2, 0.25) is 0 Å². The van der Waals surface area contributed by atoms with E-state index in [-0.39, 0.29) is 5.91 Å². The number of carbonyl (C=O) groups is 1. The van der Waals surface area contributed by atoms with Gasteiger partial charge in [-0.2, -0.15) is 0 Å². The molecule has 5 nitrogen and oxygen atoms in total. The van der Waals surface area contributed by atoms with E-state index in [1.54, 1.807) is 7.05 Å². The van der Waals surface area contributed by atoms with E-state index < -0.39 is 0 Å². The zero-order valence-corrected chi connectivity index (χ0v) is 12.6. The van der Waals surface area contributed by atoms with Gasteiger partial charge >= 0.3 is 0 Å². The number of nitrogens with zero attached hydrogens (tertiary/aromatic N) is 2. The van der Waals surface area contributed by atoms with Crippen molar-refractivity contribution in [1.29, 1.82) is 0 Å². The number of hydrogen-bond acceptors (Lipinski definition) is 4. The quantitative estimate of drug-likeness (QED) is 0.841. The maximum atomic E-state index is 11.5. The molecule has 0 spiro atoms. The van der Waals surface area contributed by atoms with Gasteiger partial charge in [0.1, 0.15) is 0 Å². The van der Waals surface area contributed by atoms with Crippen LogP contribution < -0.4 is 15.5 Å². The topological polar surface area (TPSA) is 47.6 Å². The summed E-state index contributed by atoms with van der Waals surface area (Å²) in [5, 5.41) is 5.99. The second-order valence-electron chi connectivity index (χ2n) is 5.94. The van der Waals surface area contributed by atoms with Crippen LogP contribution in [-0.2, 0) is 0 Å². The molecule has 1 aromatic rings. The summed E-state index contributed by atoms with van der Waals surface area (Å²) < 4.78 is 0. The summed E-state index contributed by atoms with van der Waals surface area (Å²) in [5.41, 5.74) is 1.94. The predicted molar refractivity (Wildman–Crippen MR) is 84.8 cm³/mol. The molecule has 2 aliphatic heterocycles. The summed E-state index contributed by atoms with van der Waals surface area (Å²) in [6, 6.07) is 7.91. The first-order valence-electron chi connectivity index (χ1n) is 7.76. The van der Waals surface area contributed by atoms with Crippen molar-refractivity contribution in [2.75, 3.05) is 57.8 Å². The number of rotatable bonds is 4. The third-order valence-electron chi connectivity index (χ3n) is 4.48. The maximum Gasteiger partial charge on any atom is 0.251 e. The predicted octanol–water partition coefficient (Wildman–Crippen LogP) is 0.388. The highest BCUT2D eigenvalue weighted by Crippen LogP contribution is 2.18. The Hall–Kier alpha value is -1.59. The number of amides is 1. The van der Waals surface area contributed by atoms with E-state index in [1.165, 1.54) is 25.3 Å². The highest BCUT2D eigenvalue weighted by molar-refractivity contribution is 5.94. The van der Waals surface area contributed by atoms with Crippen LogP contribution in [0.3, 0.4) is 0 Å². The van der Waals surface area contributed by atoms with Crippen LogP contribution in [0.2, 0.25) is 0 Å². The van der Waals surface area contributed by atoms with Crippen LogP contribution in [0.1, 0.15) is 10.4 Å². The smallest absolute Gasteiger partial charge is 0.251 e. The van der Waals surface area contributed by atoms with Crippen molar-refractivity contribution in [1.82, 2.24) is 15.5 Å². The summed E-state index contributed by atoms with van der Waals surface area (Å²) in [6.45, 7) is 8.00. The minimum Gasteiger partial charge on any atom is -0.369 e. The summed E-state index contributed by atoms with van der Waals surface area (Å²) in [4.78, 5) is 16.5. The van der Waals surface area contributed by atoms with Gasteiger partial charge < -0.3 is 15.5 Å². The van der Waals surface area contributed by atoms with E-state index in [2.05, 4.69) is 32.6 Å². The molecule has 2 heterocycles. The van der Waals surface area contributed by atoms with Crippen LogP contribution in [0.4, 0.5) is 5.69 Å². The molecule has 2 N–H and O–H groups in total. The van der Waals surface area contributed by atoms with Gasteiger partial charge in [0, 0.05) is 64.1 Å². The van der Waals surface area contributed by atoms with Gasteiger partial charge in [-0.1, -0.05) is 0 Å². The molecule has 0 aromatic heterocycles. The first kappa shape index (κ1) is 14.4. The third kappa shape index (κ3) is 3.36. The minimum atomic E-state index is -0.0273. The van der Waals surface area contributed by atoms with Crippen LogP contribution in [0.5, 0.6) is 0 Å². The first-order valence-corrected chi connectivity index (χ1v) is 7.76. The lowest BCUT2D eigenvalue weighted by atomic mass is 10.0. The summed E-state index contributed by atoms with van der Waals surface area (Å²) in [6.07, 6.45) is 0. The van der Waals surface area contributed by atoms with Crippen molar-refractivity contribution < 1.29 is 4.79 Å². The lowest BCUT2D eigenvalue weighted by molar-refractivity contribution is 0.0963.